The maximum atomic E-state index is 11.7. The van der Waals surface area contributed by atoms with E-state index in [2.05, 4.69) is 52.4 Å². The highest BCUT2D eigenvalue weighted by molar-refractivity contribution is 6.94. The molecule has 0 heterocycles. The lowest BCUT2D eigenvalue weighted by atomic mass is 10.3. The predicted molar refractivity (Wildman–Crippen MR) is 324 cm³/mol. The van der Waals surface area contributed by atoms with Crippen LogP contribution in [0.15, 0.2) is 0 Å². The minimum absolute atomic E-state index is 0.0377. The molecule has 19 nitrogen and oxygen atoms in total. The Morgan fingerprint density at radius 3 is 0.680 bits per heavy atom. The van der Waals surface area contributed by atoms with Crippen molar-refractivity contribution in [3.05, 3.63) is 0 Å². The molecule has 0 amide bonds. The summed E-state index contributed by atoms with van der Waals surface area (Å²) in [7, 11) is -32.0. The van der Waals surface area contributed by atoms with E-state index in [-0.39, 0.29) is 52.1 Å². The van der Waals surface area contributed by atoms with Crippen molar-refractivity contribution >= 4 is 148 Å². The fraction of sp³-hybridized carbons (Fsp3) is 0.905. The van der Waals surface area contributed by atoms with Gasteiger partial charge in [-0.15, -0.1) is 0 Å². The molecule has 0 saturated carbocycles. The van der Waals surface area contributed by atoms with Crippen molar-refractivity contribution < 1.29 is 83.4 Å². The van der Waals surface area contributed by atoms with Gasteiger partial charge in [0.05, 0.1) is 26.1 Å². The van der Waals surface area contributed by atoms with Crippen molar-refractivity contribution in [3.63, 3.8) is 0 Å². The first-order chi connectivity index (χ1) is 33.4. The van der Waals surface area contributed by atoms with Crippen LogP contribution in [0, 0.1) is 0 Å². The lowest BCUT2D eigenvalue weighted by molar-refractivity contribution is -0.146. The summed E-state index contributed by atoms with van der Waals surface area (Å²) in [6, 6.07) is 1.73. The van der Waals surface area contributed by atoms with Crippen LogP contribution in [0.1, 0.15) is 38.5 Å². The van der Waals surface area contributed by atoms with Crippen LogP contribution >= 0.6 is 23.2 Å². The molecule has 0 aromatic carbocycles. The number of ether oxygens (including phenoxy) is 4. The van der Waals surface area contributed by atoms with E-state index in [1.165, 1.54) is 0 Å². The Kier molecular flexibility index (Phi) is 32.0. The summed E-state index contributed by atoms with van der Waals surface area (Å²) in [4.78, 5) is 45.0. The number of esters is 2. The maximum absolute atomic E-state index is 11.7. The first-order valence-electron chi connectivity index (χ1n) is 25.9. The normalized spacial score (nSPS) is 14.3. The molecule has 0 radical (unpaired) electrons. The van der Waals surface area contributed by atoms with E-state index < -0.39 is 125 Å². The molecule has 0 aliphatic rings. The molecule has 0 rings (SSSR count). The Morgan fingerprint density at radius 1 is 0.280 bits per heavy atom. The second-order valence-electron chi connectivity index (χ2n) is 24.2. The topological polar surface area (TPSA) is 207 Å². The molecule has 0 aromatic rings. The Labute approximate surface area is 475 Å². The molecule has 0 fully saturated rings. The Balaban J connectivity index is 5.28. The molecular weight excluding hydrogens is 1220 g/mol. The van der Waals surface area contributed by atoms with Gasteiger partial charge in [-0.3, -0.25) is 19.2 Å². The van der Waals surface area contributed by atoms with Gasteiger partial charge in [0.2, 0.25) is 10.5 Å². The van der Waals surface area contributed by atoms with Gasteiger partial charge in [0.15, 0.2) is 16.6 Å². The monoisotopic (exact) mass is 1310 g/mol. The van der Waals surface area contributed by atoms with E-state index >= 15 is 0 Å². The lowest BCUT2D eigenvalue weighted by Crippen LogP contribution is -2.62. The average molecular weight is 1320 g/mol. The molecule has 33 heteroatoms. The highest BCUT2D eigenvalue weighted by Gasteiger charge is 2.51. The summed E-state index contributed by atoms with van der Waals surface area (Å²) in [5, 5.41) is -1.13. The quantitative estimate of drug-likeness (QED) is 0.0241. The van der Waals surface area contributed by atoms with Gasteiger partial charge in [0, 0.05) is 26.1 Å². The van der Waals surface area contributed by atoms with E-state index in [1.54, 1.807) is 0 Å². The summed E-state index contributed by atoms with van der Waals surface area (Å²) >= 11 is 10.6. The third kappa shape index (κ3) is 40.7. The Morgan fingerprint density at radius 2 is 0.480 bits per heavy atom. The van der Waals surface area contributed by atoms with Gasteiger partial charge < -0.3 is 64.2 Å². The Hall–Kier alpha value is 0.943. The van der Waals surface area contributed by atoms with E-state index in [9.17, 15) is 19.2 Å². The van der Waals surface area contributed by atoms with Crippen LogP contribution in [0.4, 0.5) is 0 Å². The zero-order valence-corrected chi connectivity index (χ0v) is 63.9. The van der Waals surface area contributed by atoms with Crippen molar-refractivity contribution in [1.82, 2.24) is 0 Å². The van der Waals surface area contributed by atoms with Crippen molar-refractivity contribution in [3.8, 4) is 0 Å². The zero-order valence-electron chi connectivity index (χ0n) is 50.4. The molecule has 0 aliphatic carbocycles. The molecule has 75 heavy (non-hydrogen) atoms. The average Bonchev–Trinajstić information content (AvgIpc) is 3.09. The van der Waals surface area contributed by atoms with Gasteiger partial charge in [0.25, 0.3) is 0 Å². The van der Waals surface area contributed by atoms with Crippen LogP contribution in [0.2, 0.25) is 169 Å². The second kappa shape index (κ2) is 31.6. The standard InChI is InChI=1S/C42H100Cl2O19Si12/c1-64(2,37-25-31-49-33-35-51-41(47)29-27-39(43)45)53-66(5,6)55-68(9,10)57-70(13,14)59-72(17,18)61-74(21,22)63-75(23,24)62-73(19,20)60-71(15,16)58-69(11,12)56-67(7,8)54-65(3,4)38-26-32-50-34-36-52-42(48)30-28-40(44)46/h25-38H2,1-24H3. The number of rotatable bonds is 42. The molecule has 0 spiro atoms. The first-order valence-corrected chi connectivity index (χ1v) is 61.1. The molecule has 444 valence electrons. The Bertz CT molecular complexity index is 1670. The highest BCUT2D eigenvalue weighted by Crippen LogP contribution is 2.32. The summed E-state index contributed by atoms with van der Waals surface area (Å²) in [6.07, 6.45) is 1.43. The van der Waals surface area contributed by atoms with Gasteiger partial charge in [-0.05, 0) is 205 Å². The smallest absolute Gasteiger partial charge is 0.314 e. The van der Waals surface area contributed by atoms with E-state index in [1.807, 2.05) is 105 Å². The number of carbonyl (C=O) groups is 4. The molecule has 0 atom stereocenters. The van der Waals surface area contributed by atoms with Crippen LogP contribution < -0.4 is 0 Å². The SMILES string of the molecule is C[Si](C)(CCCOCCOC(=O)CCC(=O)Cl)O[Si](C)(C)O[Si](C)(C)O[Si](C)(C)O[Si](C)(C)O[Si](C)(C)O[Si](C)(C)O[Si](C)(C)O[Si](C)(C)O[Si](C)(C)O[Si](C)(C)O[Si](C)(C)CCCOCCOC(=O)CCC(=O)Cl. The van der Waals surface area contributed by atoms with Crippen LogP contribution in [-0.2, 0) is 83.4 Å². The second-order valence-corrected chi connectivity index (χ2v) is 70.1. The van der Waals surface area contributed by atoms with Crippen molar-refractivity contribution in [2.75, 3.05) is 39.6 Å². The third-order valence-electron chi connectivity index (χ3n) is 9.64. The minimum Gasteiger partial charge on any atom is -0.463 e. The van der Waals surface area contributed by atoms with Crippen molar-refractivity contribution in [1.29, 1.82) is 0 Å². The summed E-state index contributed by atoms with van der Waals surface area (Å²) in [5.41, 5.74) is 0. The molecule has 0 saturated heterocycles. The van der Waals surface area contributed by atoms with Crippen molar-refractivity contribution in [2.24, 2.45) is 0 Å². The largest absolute Gasteiger partial charge is 0.463 e. The highest BCUT2D eigenvalue weighted by atomic mass is 35.5. The number of carbonyl (C=O) groups excluding carboxylic acids is 4. The first kappa shape index (κ1) is 75.9. The van der Waals surface area contributed by atoms with Gasteiger partial charge in [-0.1, -0.05) is 0 Å². The number of hydrogen-bond donors (Lipinski definition) is 0. The zero-order chi connectivity index (χ0) is 58.8. The molecule has 0 bridgehead atoms. The fourth-order valence-electron chi connectivity index (χ4n) is 9.35. The molecule has 0 unspecified atom stereocenters. The van der Waals surface area contributed by atoms with E-state index in [0.29, 0.717) is 13.2 Å². The molecule has 0 N–H and O–H groups in total. The fourth-order valence-corrected chi connectivity index (χ4v) is 71.0. The van der Waals surface area contributed by atoms with Gasteiger partial charge in [0.1, 0.15) is 13.2 Å². The van der Waals surface area contributed by atoms with Crippen LogP contribution in [0.3, 0.4) is 0 Å². The van der Waals surface area contributed by atoms with Crippen LogP contribution in [0.25, 0.3) is 0 Å². The molecular formula is C42H100Cl2O19Si12. The van der Waals surface area contributed by atoms with Gasteiger partial charge in [-0.25, -0.2) is 0 Å². The van der Waals surface area contributed by atoms with Crippen LogP contribution in [-0.4, -0.2) is 164 Å². The summed E-state index contributed by atoms with van der Waals surface area (Å²) in [5.74, 6) is -0.945. The van der Waals surface area contributed by atoms with E-state index in [0.717, 1.165) is 24.9 Å². The molecule has 0 aromatic heterocycles. The van der Waals surface area contributed by atoms with E-state index in [4.69, 9.17) is 87.4 Å². The maximum Gasteiger partial charge on any atom is 0.314 e. The summed E-state index contributed by atoms with van der Waals surface area (Å²) < 4.78 is 96.6. The van der Waals surface area contributed by atoms with Crippen molar-refractivity contribution in [2.45, 2.75) is 208 Å². The minimum atomic E-state index is -2.84. The summed E-state index contributed by atoms with van der Waals surface area (Å²) in [6.45, 7) is 51.4. The number of halogens is 2. The predicted octanol–water partition coefficient (Wildman–Crippen LogP) is 11.6. The third-order valence-corrected chi connectivity index (χ3v) is 56.9. The van der Waals surface area contributed by atoms with Gasteiger partial charge in [-0.2, -0.15) is 0 Å². The van der Waals surface area contributed by atoms with Gasteiger partial charge >= 0.3 is 97.5 Å². The lowest BCUT2D eigenvalue weighted by Gasteiger charge is -2.45. The molecule has 0 aliphatic heterocycles. The number of hydrogen-bond acceptors (Lipinski definition) is 19. The van der Waals surface area contributed by atoms with Crippen LogP contribution in [0.5, 0.6) is 0 Å².